The molecule has 1 amide bonds. The van der Waals surface area contributed by atoms with E-state index in [4.69, 9.17) is 0 Å². The van der Waals surface area contributed by atoms with Crippen molar-refractivity contribution < 1.29 is 18.1 Å². The highest BCUT2D eigenvalue weighted by Crippen LogP contribution is 2.17. The quantitative estimate of drug-likeness (QED) is 0.737. The molecule has 0 saturated heterocycles. The van der Waals surface area contributed by atoms with E-state index >= 15 is 0 Å². The maximum atomic E-state index is 12.5. The van der Waals surface area contributed by atoms with Crippen molar-refractivity contribution in [3.63, 3.8) is 0 Å². The number of rotatable bonds is 7. The first-order valence-electron chi connectivity index (χ1n) is 7.87. The van der Waals surface area contributed by atoms with Gasteiger partial charge in [-0.2, -0.15) is 0 Å². The number of nitrogens with one attached hydrogen (secondary N) is 2. The van der Waals surface area contributed by atoms with Crippen molar-refractivity contribution in [3.05, 3.63) is 52.2 Å². The number of likely N-dealkylation sites (N-methyl/N-ethyl adjacent to an activating group) is 1. The van der Waals surface area contributed by atoms with E-state index in [1.807, 2.05) is 25.5 Å². The predicted octanol–water partition coefficient (Wildman–Crippen LogP) is 0.614. The average Bonchev–Trinajstić information content (AvgIpc) is 3.08. The van der Waals surface area contributed by atoms with E-state index in [2.05, 4.69) is 11.4 Å². The topological polar surface area (TPSA) is 70.9 Å². The number of carbonyl (C=O) groups is 1. The van der Waals surface area contributed by atoms with Crippen LogP contribution in [0, 0.1) is 0 Å². The number of quaternary nitrogens is 1. The molecule has 0 aliphatic heterocycles. The smallest absolute Gasteiger partial charge is 0.251 e. The number of benzene rings is 1. The number of sulfonamides is 1. The summed E-state index contributed by atoms with van der Waals surface area (Å²) < 4.78 is 25.6. The molecule has 25 heavy (non-hydrogen) atoms. The van der Waals surface area contributed by atoms with Gasteiger partial charge in [0.2, 0.25) is 10.0 Å². The Bertz CT molecular complexity index is 815. The number of hydrogen-bond acceptors (Lipinski definition) is 4. The Balaban J connectivity index is 2.13. The average molecular weight is 383 g/mol. The van der Waals surface area contributed by atoms with Crippen molar-refractivity contribution in [1.82, 2.24) is 9.62 Å². The number of thiophene rings is 1. The lowest BCUT2D eigenvalue weighted by atomic mass is 10.2. The third-order valence-electron chi connectivity index (χ3n) is 3.93. The summed E-state index contributed by atoms with van der Waals surface area (Å²) in [5.41, 5.74) is 0.335. The molecule has 0 unspecified atom stereocenters. The third kappa shape index (κ3) is 4.66. The number of nitrogens with zero attached hydrogens (tertiary/aromatic N) is 1. The summed E-state index contributed by atoms with van der Waals surface area (Å²) in [6.45, 7) is 0.479. The molecule has 8 heteroatoms. The first-order valence-corrected chi connectivity index (χ1v) is 10.2. The minimum absolute atomic E-state index is 0.109. The normalized spacial score (nSPS) is 13.2. The van der Waals surface area contributed by atoms with Gasteiger partial charge in [-0.1, -0.05) is 12.1 Å². The van der Waals surface area contributed by atoms with Gasteiger partial charge in [-0.3, -0.25) is 4.79 Å². The minimum atomic E-state index is -3.56. The van der Waals surface area contributed by atoms with Crippen LogP contribution >= 0.6 is 11.3 Å². The van der Waals surface area contributed by atoms with Gasteiger partial charge in [-0.05, 0) is 29.6 Å². The highest BCUT2D eigenvalue weighted by atomic mass is 32.2. The van der Waals surface area contributed by atoms with Gasteiger partial charge in [0.1, 0.15) is 6.04 Å². The summed E-state index contributed by atoms with van der Waals surface area (Å²) in [5.74, 6) is -0.279. The Morgan fingerprint density at radius 1 is 1.24 bits per heavy atom. The summed E-state index contributed by atoms with van der Waals surface area (Å²) in [7, 11) is 3.45. The minimum Gasteiger partial charge on any atom is -0.346 e. The summed E-state index contributed by atoms with van der Waals surface area (Å²) in [5, 5.41) is 4.93. The fourth-order valence-corrected chi connectivity index (χ4v) is 4.29. The van der Waals surface area contributed by atoms with Crippen molar-refractivity contribution in [2.24, 2.45) is 0 Å². The van der Waals surface area contributed by atoms with Crippen LogP contribution in [0.5, 0.6) is 0 Å². The van der Waals surface area contributed by atoms with Crippen LogP contribution in [0.1, 0.15) is 21.3 Å². The first kappa shape index (κ1) is 19.6. The van der Waals surface area contributed by atoms with Crippen LogP contribution in [-0.4, -0.2) is 53.4 Å². The Morgan fingerprint density at radius 3 is 2.52 bits per heavy atom. The van der Waals surface area contributed by atoms with Crippen LogP contribution < -0.4 is 10.2 Å². The van der Waals surface area contributed by atoms with Crippen LogP contribution in [0.4, 0.5) is 0 Å². The van der Waals surface area contributed by atoms with E-state index in [-0.39, 0.29) is 16.8 Å². The molecule has 2 aromatic rings. The number of amides is 1. The molecule has 1 aromatic carbocycles. The molecule has 0 radical (unpaired) electrons. The lowest BCUT2D eigenvalue weighted by Gasteiger charge is -2.20. The number of carbonyl (C=O) groups excluding carboxylic acids is 1. The molecule has 0 saturated carbocycles. The molecular formula is C17H24N3O3S2+. The van der Waals surface area contributed by atoms with E-state index in [0.717, 1.165) is 4.31 Å². The van der Waals surface area contributed by atoms with Gasteiger partial charge in [-0.15, -0.1) is 11.3 Å². The zero-order chi connectivity index (χ0) is 18.6. The van der Waals surface area contributed by atoms with Crippen LogP contribution in [-0.2, 0) is 10.0 Å². The van der Waals surface area contributed by atoms with Crippen LogP contribution in [0.2, 0.25) is 0 Å². The second-order valence-electron chi connectivity index (χ2n) is 6.17. The second-order valence-corrected chi connectivity index (χ2v) is 9.30. The molecule has 1 heterocycles. The summed E-state index contributed by atoms with van der Waals surface area (Å²) in [6, 6.07) is 10.3. The van der Waals surface area contributed by atoms with E-state index in [1.165, 1.54) is 36.0 Å². The van der Waals surface area contributed by atoms with Crippen molar-refractivity contribution in [2.45, 2.75) is 10.9 Å². The molecular weight excluding hydrogens is 358 g/mol. The molecule has 1 atom stereocenters. The first-order chi connectivity index (χ1) is 11.7. The Kier molecular flexibility index (Phi) is 6.34. The van der Waals surface area contributed by atoms with Crippen molar-refractivity contribution in [1.29, 1.82) is 0 Å². The zero-order valence-corrected chi connectivity index (χ0v) is 16.4. The van der Waals surface area contributed by atoms with E-state index in [1.54, 1.807) is 23.5 Å². The zero-order valence-electron chi connectivity index (χ0n) is 14.8. The van der Waals surface area contributed by atoms with Crippen molar-refractivity contribution >= 4 is 27.3 Å². The third-order valence-corrected chi connectivity index (χ3v) is 6.72. The maximum Gasteiger partial charge on any atom is 0.251 e. The Morgan fingerprint density at radius 2 is 1.96 bits per heavy atom. The van der Waals surface area contributed by atoms with Gasteiger partial charge >= 0.3 is 0 Å². The molecule has 1 aromatic heterocycles. The standard InChI is InChI=1S/C17H23N3O3S2/c1-19(2)15(16-9-6-10-24-16)12-18-17(21)13-7-5-8-14(11-13)25(22,23)20(3)4/h5-11,15H,12H2,1-4H3,(H,18,21)/p+1/t15-/m0/s1. The summed E-state index contributed by atoms with van der Waals surface area (Å²) in [6.07, 6.45) is 0. The molecule has 6 nitrogen and oxygen atoms in total. The monoisotopic (exact) mass is 382 g/mol. The largest absolute Gasteiger partial charge is 0.346 e. The fraction of sp³-hybridized carbons (Fsp3) is 0.353. The molecule has 0 bridgehead atoms. The van der Waals surface area contributed by atoms with Gasteiger partial charge < -0.3 is 10.2 Å². The predicted molar refractivity (Wildman–Crippen MR) is 99.5 cm³/mol. The molecule has 2 N–H and O–H groups in total. The fourth-order valence-electron chi connectivity index (χ4n) is 2.38. The van der Waals surface area contributed by atoms with Crippen LogP contribution in [0.3, 0.4) is 0 Å². The van der Waals surface area contributed by atoms with Crippen LogP contribution in [0.15, 0.2) is 46.7 Å². The lowest BCUT2D eigenvalue weighted by molar-refractivity contribution is -0.890. The molecule has 0 aliphatic carbocycles. The van der Waals surface area contributed by atoms with Crippen molar-refractivity contribution in [3.8, 4) is 0 Å². The Hall–Kier alpha value is -1.74. The molecule has 0 aliphatic rings. The summed E-state index contributed by atoms with van der Waals surface area (Å²) in [4.78, 5) is 15.0. The lowest BCUT2D eigenvalue weighted by Crippen LogP contribution is -3.06. The van der Waals surface area contributed by atoms with Crippen LogP contribution in [0.25, 0.3) is 0 Å². The van der Waals surface area contributed by atoms with Gasteiger partial charge in [0.05, 0.1) is 30.4 Å². The van der Waals surface area contributed by atoms with Gasteiger partial charge in [0, 0.05) is 19.7 Å². The van der Waals surface area contributed by atoms with E-state index < -0.39 is 10.0 Å². The van der Waals surface area contributed by atoms with Crippen molar-refractivity contribution in [2.75, 3.05) is 34.7 Å². The van der Waals surface area contributed by atoms with Gasteiger partial charge in [0.15, 0.2) is 0 Å². The maximum absolute atomic E-state index is 12.5. The second kappa shape index (κ2) is 8.09. The molecule has 2 rings (SSSR count). The highest BCUT2D eigenvalue weighted by molar-refractivity contribution is 7.89. The highest BCUT2D eigenvalue weighted by Gasteiger charge is 2.22. The summed E-state index contributed by atoms with van der Waals surface area (Å²) >= 11 is 1.66. The Labute approximate surface area is 153 Å². The van der Waals surface area contributed by atoms with Gasteiger partial charge in [0.25, 0.3) is 5.91 Å². The molecule has 0 fully saturated rings. The number of hydrogen-bond donors (Lipinski definition) is 2. The molecule has 136 valence electrons. The van der Waals surface area contributed by atoms with E-state index in [0.29, 0.717) is 12.1 Å². The SMILES string of the molecule is CN(C)S(=O)(=O)c1cccc(C(=O)NC[C@@H](c2cccs2)[NH+](C)C)c1. The van der Waals surface area contributed by atoms with E-state index in [9.17, 15) is 13.2 Å². The van der Waals surface area contributed by atoms with Gasteiger partial charge in [-0.25, -0.2) is 12.7 Å². The molecule has 0 spiro atoms.